The van der Waals surface area contributed by atoms with Crippen LogP contribution in [0.5, 0.6) is 5.75 Å². The summed E-state index contributed by atoms with van der Waals surface area (Å²) in [5.41, 5.74) is 2.03. The lowest BCUT2D eigenvalue weighted by Crippen LogP contribution is -2.14. The van der Waals surface area contributed by atoms with Crippen molar-refractivity contribution < 1.29 is 26.7 Å². The van der Waals surface area contributed by atoms with Crippen LogP contribution in [0.2, 0.25) is 0 Å². The monoisotopic (exact) mass is 382 g/mol. The Bertz CT molecular complexity index is 892. The van der Waals surface area contributed by atoms with Gasteiger partial charge >= 0.3 is 0 Å². The minimum absolute atomic E-state index is 0.0812. The summed E-state index contributed by atoms with van der Waals surface area (Å²) in [6.45, 7) is 0.382. The standard InChI is InChI=1S/C17H18O6S2/c18-24-16-4-2-1-3-13(16)11-14-12-15(5-6-17(14)24)23-8-7-22-9-10-25(19,20)21/h1-6,12H,7-11H2,(H,19,20,21). The number of hydrogen-bond acceptors (Lipinski definition) is 5. The molecule has 1 aliphatic rings. The number of ether oxygens (including phenoxy) is 2. The molecule has 2 aromatic rings. The Morgan fingerprint density at radius 2 is 1.76 bits per heavy atom. The number of fused-ring (bicyclic) bond motifs is 2. The minimum atomic E-state index is -4.00. The third-order valence-corrected chi connectivity index (χ3v) is 6.05. The molecule has 0 bridgehead atoms. The van der Waals surface area contributed by atoms with E-state index in [9.17, 15) is 12.6 Å². The molecule has 134 valence electrons. The van der Waals surface area contributed by atoms with Crippen molar-refractivity contribution in [1.82, 2.24) is 0 Å². The third-order valence-electron chi connectivity index (χ3n) is 3.77. The molecule has 0 aromatic heterocycles. The summed E-state index contributed by atoms with van der Waals surface area (Å²) >= 11 is 0. The zero-order valence-corrected chi connectivity index (χ0v) is 15.0. The molecule has 0 saturated heterocycles. The van der Waals surface area contributed by atoms with Crippen LogP contribution >= 0.6 is 0 Å². The number of hydrogen-bond donors (Lipinski definition) is 1. The lowest BCUT2D eigenvalue weighted by molar-refractivity contribution is 0.110. The van der Waals surface area contributed by atoms with Crippen LogP contribution in [0.15, 0.2) is 52.3 Å². The molecule has 0 radical (unpaired) electrons. The first-order chi connectivity index (χ1) is 11.9. The molecule has 1 aliphatic heterocycles. The maximum Gasteiger partial charge on any atom is 0.267 e. The Morgan fingerprint density at radius 1 is 1.00 bits per heavy atom. The van der Waals surface area contributed by atoms with Crippen molar-refractivity contribution in [2.75, 3.05) is 25.6 Å². The Labute approximate surface area is 149 Å². The molecule has 0 spiro atoms. The Balaban J connectivity index is 1.57. The van der Waals surface area contributed by atoms with E-state index in [2.05, 4.69) is 0 Å². The average molecular weight is 382 g/mol. The van der Waals surface area contributed by atoms with Crippen LogP contribution in [0.1, 0.15) is 11.1 Å². The highest BCUT2D eigenvalue weighted by molar-refractivity contribution is 7.85. The van der Waals surface area contributed by atoms with E-state index < -0.39 is 26.7 Å². The summed E-state index contributed by atoms with van der Waals surface area (Å²) in [4.78, 5) is 1.66. The summed E-state index contributed by atoms with van der Waals surface area (Å²) < 4.78 is 53.0. The highest BCUT2D eigenvalue weighted by Gasteiger charge is 2.22. The van der Waals surface area contributed by atoms with Crippen LogP contribution in [0.25, 0.3) is 0 Å². The van der Waals surface area contributed by atoms with E-state index in [-0.39, 0.29) is 19.8 Å². The topological polar surface area (TPSA) is 89.9 Å². The first kappa shape index (κ1) is 18.1. The van der Waals surface area contributed by atoms with E-state index in [1.807, 2.05) is 36.4 Å². The van der Waals surface area contributed by atoms with Gasteiger partial charge in [-0.1, -0.05) is 18.2 Å². The van der Waals surface area contributed by atoms with Gasteiger partial charge in [0.05, 0.1) is 29.8 Å². The predicted octanol–water partition coefficient (Wildman–Crippen LogP) is 2.04. The fraction of sp³-hybridized carbons (Fsp3) is 0.294. The van der Waals surface area contributed by atoms with Gasteiger partial charge in [-0.05, 0) is 41.8 Å². The smallest absolute Gasteiger partial charge is 0.267 e. The van der Waals surface area contributed by atoms with Crippen molar-refractivity contribution in [3.63, 3.8) is 0 Å². The van der Waals surface area contributed by atoms with Gasteiger partial charge in [-0.3, -0.25) is 4.55 Å². The van der Waals surface area contributed by atoms with E-state index >= 15 is 0 Å². The average Bonchev–Trinajstić information content (AvgIpc) is 2.57. The van der Waals surface area contributed by atoms with Crippen LogP contribution in [0.3, 0.4) is 0 Å². The summed E-state index contributed by atoms with van der Waals surface area (Å²) in [7, 11) is -5.18. The lowest BCUT2D eigenvalue weighted by Gasteiger charge is -2.19. The van der Waals surface area contributed by atoms with Crippen molar-refractivity contribution in [3.8, 4) is 5.75 Å². The van der Waals surface area contributed by atoms with Gasteiger partial charge in [-0.15, -0.1) is 0 Å². The first-order valence-electron chi connectivity index (χ1n) is 7.72. The second-order valence-electron chi connectivity index (χ2n) is 5.57. The molecule has 3 rings (SSSR count). The number of rotatable bonds is 7. The van der Waals surface area contributed by atoms with E-state index in [0.717, 1.165) is 20.9 Å². The molecule has 1 heterocycles. The Kier molecular flexibility index (Phi) is 5.53. The molecule has 0 aliphatic carbocycles. The fourth-order valence-electron chi connectivity index (χ4n) is 2.60. The van der Waals surface area contributed by atoms with Gasteiger partial charge in [0.15, 0.2) is 0 Å². The fourth-order valence-corrected chi connectivity index (χ4v) is 4.31. The zero-order chi connectivity index (χ0) is 17.9. The summed E-state index contributed by atoms with van der Waals surface area (Å²) in [6.07, 6.45) is 0.708. The quantitative estimate of drug-likeness (QED) is 0.497. The van der Waals surface area contributed by atoms with Crippen molar-refractivity contribution >= 4 is 20.9 Å². The van der Waals surface area contributed by atoms with Gasteiger partial charge in [-0.2, -0.15) is 8.42 Å². The molecular formula is C17H18O6S2. The van der Waals surface area contributed by atoms with Crippen LogP contribution in [-0.4, -0.2) is 42.8 Å². The highest BCUT2D eigenvalue weighted by Crippen LogP contribution is 2.33. The van der Waals surface area contributed by atoms with Crippen molar-refractivity contribution in [2.24, 2.45) is 0 Å². The van der Waals surface area contributed by atoms with E-state index in [1.54, 1.807) is 6.07 Å². The Hall–Kier alpha value is -1.74. The van der Waals surface area contributed by atoms with Crippen LogP contribution < -0.4 is 4.74 Å². The van der Waals surface area contributed by atoms with Gasteiger partial charge in [0, 0.05) is 9.79 Å². The van der Waals surface area contributed by atoms with Crippen molar-refractivity contribution in [3.05, 3.63) is 53.6 Å². The van der Waals surface area contributed by atoms with Gasteiger partial charge in [0.1, 0.15) is 12.4 Å². The van der Waals surface area contributed by atoms with E-state index in [0.29, 0.717) is 12.2 Å². The van der Waals surface area contributed by atoms with Crippen molar-refractivity contribution in [2.45, 2.75) is 16.2 Å². The first-order valence-corrected chi connectivity index (χ1v) is 10.5. The molecule has 0 saturated carbocycles. The maximum atomic E-state index is 12.6. The van der Waals surface area contributed by atoms with Gasteiger partial charge in [-0.25, -0.2) is 4.21 Å². The molecule has 25 heavy (non-hydrogen) atoms. The Morgan fingerprint density at radius 3 is 2.56 bits per heavy atom. The third kappa shape index (κ3) is 4.66. The summed E-state index contributed by atoms with van der Waals surface area (Å²) in [6, 6.07) is 13.2. The van der Waals surface area contributed by atoms with Crippen molar-refractivity contribution in [1.29, 1.82) is 0 Å². The zero-order valence-electron chi connectivity index (χ0n) is 13.4. The largest absolute Gasteiger partial charge is 0.491 e. The highest BCUT2D eigenvalue weighted by atomic mass is 32.2. The van der Waals surface area contributed by atoms with Crippen LogP contribution in [0, 0.1) is 0 Å². The minimum Gasteiger partial charge on any atom is -0.491 e. The predicted molar refractivity (Wildman–Crippen MR) is 93.1 cm³/mol. The molecule has 1 atom stereocenters. The molecule has 1 unspecified atom stereocenters. The van der Waals surface area contributed by atoms with Gasteiger partial charge in [0.2, 0.25) is 0 Å². The molecule has 6 nitrogen and oxygen atoms in total. The molecule has 0 fully saturated rings. The SMILES string of the molecule is O=S1c2ccccc2Cc2cc(OCCOCCS(=O)(=O)O)ccc21. The van der Waals surface area contributed by atoms with E-state index in [1.165, 1.54) is 0 Å². The molecule has 8 heteroatoms. The molecule has 0 amide bonds. The lowest BCUT2D eigenvalue weighted by atomic mass is 10.0. The van der Waals surface area contributed by atoms with Gasteiger partial charge < -0.3 is 9.47 Å². The van der Waals surface area contributed by atoms with Crippen LogP contribution in [0.4, 0.5) is 0 Å². The molecular weight excluding hydrogens is 364 g/mol. The van der Waals surface area contributed by atoms with Crippen LogP contribution in [-0.2, 0) is 32.1 Å². The summed E-state index contributed by atoms with van der Waals surface area (Å²) in [5.74, 6) is 0.213. The maximum absolute atomic E-state index is 12.6. The molecule has 1 N–H and O–H groups in total. The second-order valence-corrected chi connectivity index (χ2v) is 8.56. The van der Waals surface area contributed by atoms with E-state index in [4.69, 9.17) is 14.0 Å². The molecule has 2 aromatic carbocycles. The normalized spacial score (nSPS) is 16.1. The second kappa shape index (κ2) is 7.65. The number of benzene rings is 2. The van der Waals surface area contributed by atoms with Gasteiger partial charge in [0.25, 0.3) is 10.1 Å². The summed E-state index contributed by atoms with van der Waals surface area (Å²) in [5, 5.41) is 0.